The van der Waals surface area contributed by atoms with Crippen molar-refractivity contribution in [3.8, 4) is 0 Å². The molecule has 0 bridgehead atoms. The van der Waals surface area contributed by atoms with Crippen molar-refractivity contribution < 1.29 is 14.3 Å². The third-order valence-electron chi connectivity index (χ3n) is 5.67. The number of ether oxygens (including phenoxy) is 1. The quantitative estimate of drug-likeness (QED) is 0.546. The van der Waals surface area contributed by atoms with Gasteiger partial charge in [0, 0.05) is 38.9 Å². The highest BCUT2D eigenvalue weighted by Gasteiger charge is 2.29. The lowest BCUT2D eigenvalue weighted by atomic mass is 9.91. The van der Waals surface area contributed by atoms with E-state index in [-0.39, 0.29) is 23.9 Å². The van der Waals surface area contributed by atoms with Crippen LogP contribution in [0.3, 0.4) is 0 Å². The maximum atomic E-state index is 12.4. The molecule has 158 valence electrons. The van der Waals surface area contributed by atoms with Crippen LogP contribution in [0.4, 0.5) is 0 Å². The molecule has 0 amide bonds. The Kier molecular flexibility index (Phi) is 7.97. The molecular formula is C26H31NO3. The van der Waals surface area contributed by atoms with Crippen molar-refractivity contribution >= 4 is 11.8 Å². The summed E-state index contributed by atoms with van der Waals surface area (Å²) in [6.45, 7) is 5.01. The van der Waals surface area contributed by atoms with Crippen LogP contribution in [-0.2, 0) is 27.4 Å². The first-order chi connectivity index (χ1) is 14.5. The largest absolute Gasteiger partial charge is 0.461 e. The molecule has 1 aliphatic rings. The van der Waals surface area contributed by atoms with Crippen LogP contribution in [0.2, 0.25) is 0 Å². The molecule has 0 heterocycles. The molecule has 1 aliphatic carbocycles. The van der Waals surface area contributed by atoms with E-state index in [4.69, 9.17) is 4.74 Å². The van der Waals surface area contributed by atoms with E-state index in [1.54, 1.807) is 0 Å². The molecule has 0 N–H and O–H groups in total. The molecule has 30 heavy (non-hydrogen) atoms. The van der Waals surface area contributed by atoms with Crippen LogP contribution in [0.5, 0.6) is 0 Å². The van der Waals surface area contributed by atoms with Gasteiger partial charge in [0.25, 0.3) is 0 Å². The van der Waals surface area contributed by atoms with E-state index < -0.39 is 0 Å². The molecule has 2 aromatic carbocycles. The predicted molar refractivity (Wildman–Crippen MR) is 119 cm³/mol. The molecule has 4 heteroatoms. The molecule has 0 saturated carbocycles. The Bertz CT molecular complexity index is 819. The number of nitrogens with zero attached hydrogens (tertiary/aromatic N) is 1. The van der Waals surface area contributed by atoms with Crippen molar-refractivity contribution in [1.82, 2.24) is 4.90 Å². The predicted octanol–water partition coefficient (Wildman–Crippen LogP) is 5.08. The summed E-state index contributed by atoms with van der Waals surface area (Å²) in [7, 11) is 0. The summed E-state index contributed by atoms with van der Waals surface area (Å²) in [5, 5.41) is 0. The molecule has 0 aromatic heterocycles. The zero-order chi connectivity index (χ0) is 21.3. The van der Waals surface area contributed by atoms with E-state index in [0.29, 0.717) is 12.8 Å². The van der Waals surface area contributed by atoms with E-state index in [0.717, 1.165) is 31.5 Å². The third kappa shape index (κ3) is 6.39. The molecule has 3 rings (SSSR count). The molecule has 0 unspecified atom stereocenters. The lowest BCUT2D eigenvalue weighted by Crippen LogP contribution is -2.43. The summed E-state index contributed by atoms with van der Waals surface area (Å²) in [4.78, 5) is 26.6. The number of hydrogen-bond donors (Lipinski definition) is 0. The van der Waals surface area contributed by atoms with Crippen LogP contribution in [-0.4, -0.2) is 28.8 Å². The minimum atomic E-state index is -0.372. The topological polar surface area (TPSA) is 46.6 Å². The Balaban J connectivity index is 1.84. The first-order valence-corrected chi connectivity index (χ1v) is 10.7. The molecule has 0 aliphatic heterocycles. The van der Waals surface area contributed by atoms with Gasteiger partial charge in [0.05, 0.1) is 0 Å². The second kappa shape index (κ2) is 10.9. The van der Waals surface area contributed by atoms with Crippen molar-refractivity contribution in [3.63, 3.8) is 0 Å². The molecule has 0 radical (unpaired) electrons. The summed E-state index contributed by atoms with van der Waals surface area (Å²) in [5.74, 6) is -0.127. The maximum Gasteiger partial charge on any atom is 0.302 e. The number of ketones is 1. The summed E-state index contributed by atoms with van der Waals surface area (Å²) < 4.78 is 5.75. The Morgan fingerprint density at radius 3 is 2.07 bits per heavy atom. The van der Waals surface area contributed by atoms with Gasteiger partial charge >= 0.3 is 5.97 Å². The van der Waals surface area contributed by atoms with Crippen molar-refractivity contribution in [2.75, 3.05) is 0 Å². The van der Waals surface area contributed by atoms with Gasteiger partial charge in [0.1, 0.15) is 6.10 Å². The van der Waals surface area contributed by atoms with Crippen LogP contribution in [0, 0.1) is 0 Å². The van der Waals surface area contributed by atoms with E-state index in [1.807, 2.05) is 42.5 Å². The average molecular weight is 406 g/mol. The normalized spacial score (nSPS) is 16.1. The summed E-state index contributed by atoms with van der Waals surface area (Å²) in [6.07, 6.45) is 4.53. The second-order valence-electron chi connectivity index (χ2n) is 8.01. The molecule has 0 fully saturated rings. The van der Waals surface area contributed by atoms with Crippen molar-refractivity contribution in [1.29, 1.82) is 0 Å². The Morgan fingerprint density at radius 1 is 1.00 bits per heavy atom. The Labute approximate surface area is 179 Å². The molecule has 0 spiro atoms. The number of hydrogen-bond acceptors (Lipinski definition) is 4. The Morgan fingerprint density at radius 2 is 1.57 bits per heavy atom. The number of esters is 1. The lowest BCUT2D eigenvalue weighted by Gasteiger charge is -2.35. The van der Waals surface area contributed by atoms with Gasteiger partial charge in [-0.3, -0.25) is 14.5 Å². The summed E-state index contributed by atoms with van der Waals surface area (Å²) in [6, 6.07) is 20.6. The van der Waals surface area contributed by atoms with Gasteiger partial charge in [-0.15, -0.1) is 0 Å². The van der Waals surface area contributed by atoms with Crippen LogP contribution in [0.1, 0.15) is 50.7 Å². The average Bonchev–Trinajstić information content (AvgIpc) is 2.75. The highest BCUT2D eigenvalue weighted by atomic mass is 16.5. The highest BCUT2D eigenvalue weighted by molar-refractivity contribution is 5.96. The van der Waals surface area contributed by atoms with E-state index in [1.165, 1.54) is 18.1 Å². The van der Waals surface area contributed by atoms with E-state index in [9.17, 15) is 9.59 Å². The fourth-order valence-electron chi connectivity index (χ4n) is 3.97. The number of allylic oxidation sites excluding steroid dienone is 1. The fraction of sp³-hybridized carbons (Fsp3) is 0.385. The van der Waals surface area contributed by atoms with Gasteiger partial charge < -0.3 is 4.74 Å². The molecular weight excluding hydrogens is 374 g/mol. The minimum Gasteiger partial charge on any atom is -0.461 e. The number of carbonyl (C=O) groups is 2. The van der Waals surface area contributed by atoms with E-state index >= 15 is 0 Å². The lowest BCUT2D eigenvalue weighted by molar-refractivity contribution is -0.150. The summed E-state index contributed by atoms with van der Waals surface area (Å²) >= 11 is 0. The minimum absolute atomic E-state index is 0.0510. The first kappa shape index (κ1) is 22.0. The SMILES string of the molecule is CC(=O)O[C@H](CC1=CCCCC1=O)[C@H](C)N(Cc1ccccc1)Cc1ccccc1. The molecule has 2 atom stereocenters. The Hall–Kier alpha value is -2.72. The number of carbonyl (C=O) groups excluding carboxylic acids is 2. The van der Waals surface area contributed by atoms with Gasteiger partial charge in [0.2, 0.25) is 0 Å². The summed E-state index contributed by atoms with van der Waals surface area (Å²) in [5.41, 5.74) is 3.21. The van der Waals surface area contributed by atoms with E-state index in [2.05, 4.69) is 36.1 Å². The van der Waals surface area contributed by atoms with Gasteiger partial charge in [-0.25, -0.2) is 0 Å². The van der Waals surface area contributed by atoms with Crippen LogP contribution in [0.25, 0.3) is 0 Å². The molecule has 0 saturated heterocycles. The van der Waals surface area contributed by atoms with Crippen LogP contribution < -0.4 is 0 Å². The zero-order valence-electron chi connectivity index (χ0n) is 17.9. The van der Waals surface area contributed by atoms with Crippen LogP contribution in [0.15, 0.2) is 72.3 Å². The van der Waals surface area contributed by atoms with Crippen LogP contribution >= 0.6 is 0 Å². The van der Waals surface area contributed by atoms with Crippen molar-refractivity contribution in [3.05, 3.63) is 83.4 Å². The van der Waals surface area contributed by atoms with Gasteiger partial charge in [-0.1, -0.05) is 66.7 Å². The van der Waals surface area contributed by atoms with Gasteiger partial charge in [-0.2, -0.15) is 0 Å². The van der Waals surface area contributed by atoms with Gasteiger partial charge in [-0.05, 0) is 36.5 Å². The zero-order valence-corrected chi connectivity index (χ0v) is 17.9. The monoisotopic (exact) mass is 405 g/mol. The molecule has 2 aromatic rings. The number of Topliss-reactive ketones (excluding diaryl/α,β-unsaturated/α-hetero) is 1. The second-order valence-corrected chi connectivity index (χ2v) is 8.01. The highest BCUT2D eigenvalue weighted by Crippen LogP contribution is 2.25. The maximum absolute atomic E-state index is 12.4. The number of rotatable bonds is 9. The smallest absolute Gasteiger partial charge is 0.302 e. The standard InChI is InChI=1S/C26H31NO3/c1-20(26(30-21(2)28)17-24-15-9-10-16-25(24)29)27(18-22-11-5-3-6-12-22)19-23-13-7-4-8-14-23/h3-8,11-15,20,26H,9-10,16-19H2,1-2H3/t20-,26+/m0/s1. The molecule has 4 nitrogen and oxygen atoms in total. The first-order valence-electron chi connectivity index (χ1n) is 10.7. The number of benzene rings is 2. The van der Waals surface area contributed by atoms with Crippen molar-refractivity contribution in [2.45, 2.75) is 64.8 Å². The van der Waals surface area contributed by atoms with Gasteiger partial charge in [0.15, 0.2) is 5.78 Å². The fourth-order valence-corrected chi connectivity index (χ4v) is 3.97. The third-order valence-corrected chi connectivity index (χ3v) is 5.67. The van der Waals surface area contributed by atoms with Crippen molar-refractivity contribution in [2.24, 2.45) is 0 Å².